The first kappa shape index (κ1) is 16.4. The zero-order chi connectivity index (χ0) is 14.4. The Hall–Kier alpha value is -0.610. The Labute approximate surface area is 117 Å². The highest BCUT2D eigenvalue weighted by Crippen LogP contribution is 2.34. The summed E-state index contributed by atoms with van der Waals surface area (Å²) in [7, 11) is 0. The van der Waals surface area contributed by atoms with Gasteiger partial charge in [-0.15, -0.1) is 0 Å². The SMILES string of the molecule is CCCC(C)(O)CNC(=O)C1(CN)CCCCCC1. The van der Waals surface area contributed by atoms with Gasteiger partial charge in [-0.3, -0.25) is 4.79 Å². The molecule has 0 spiro atoms. The normalized spacial score (nSPS) is 22.3. The van der Waals surface area contributed by atoms with Gasteiger partial charge in [-0.05, 0) is 26.2 Å². The molecule has 112 valence electrons. The Kier molecular flexibility index (Phi) is 6.27. The molecule has 1 fully saturated rings. The zero-order valence-corrected chi connectivity index (χ0v) is 12.5. The van der Waals surface area contributed by atoms with Crippen LogP contribution in [0.5, 0.6) is 0 Å². The van der Waals surface area contributed by atoms with E-state index in [0.717, 1.165) is 32.1 Å². The molecule has 0 aromatic heterocycles. The third kappa shape index (κ3) is 4.77. The molecule has 1 aliphatic rings. The van der Waals surface area contributed by atoms with Gasteiger partial charge in [0.15, 0.2) is 0 Å². The van der Waals surface area contributed by atoms with Gasteiger partial charge in [0, 0.05) is 13.1 Å². The number of hydrogen-bond acceptors (Lipinski definition) is 3. The van der Waals surface area contributed by atoms with Gasteiger partial charge in [0.25, 0.3) is 0 Å². The molecule has 0 bridgehead atoms. The summed E-state index contributed by atoms with van der Waals surface area (Å²) in [5.41, 5.74) is 4.66. The minimum absolute atomic E-state index is 0.0354. The molecule has 1 atom stereocenters. The van der Waals surface area contributed by atoms with Gasteiger partial charge in [0.05, 0.1) is 11.0 Å². The van der Waals surface area contributed by atoms with Crippen molar-refractivity contribution in [2.24, 2.45) is 11.1 Å². The van der Waals surface area contributed by atoms with Crippen LogP contribution in [0, 0.1) is 5.41 Å². The summed E-state index contributed by atoms with van der Waals surface area (Å²) in [4.78, 5) is 12.5. The van der Waals surface area contributed by atoms with Crippen molar-refractivity contribution >= 4 is 5.91 Å². The lowest BCUT2D eigenvalue weighted by molar-refractivity contribution is -0.132. The predicted molar refractivity (Wildman–Crippen MR) is 77.7 cm³/mol. The lowest BCUT2D eigenvalue weighted by atomic mass is 9.79. The molecule has 1 unspecified atom stereocenters. The molecule has 0 aromatic carbocycles. The summed E-state index contributed by atoms with van der Waals surface area (Å²) >= 11 is 0. The van der Waals surface area contributed by atoms with Crippen LogP contribution in [0.25, 0.3) is 0 Å². The number of hydrogen-bond donors (Lipinski definition) is 3. The summed E-state index contributed by atoms with van der Waals surface area (Å²) in [5, 5.41) is 13.1. The number of carbonyl (C=O) groups excluding carboxylic acids is 1. The van der Waals surface area contributed by atoms with E-state index in [4.69, 9.17) is 5.73 Å². The van der Waals surface area contributed by atoms with Crippen LogP contribution in [-0.4, -0.2) is 29.7 Å². The maximum Gasteiger partial charge on any atom is 0.227 e. The fourth-order valence-electron chi connectivity index (χ4n) is 3.01. The smallest absolute Gasteiger partial charge is 0.227 e. The second kappa shape index (κ2) is 7.25. The van der Waals surface area contributed by atoms with E-state index in [1.165, 1.54) is 12.8 Å². The summed E-state index contributed by atoms with van der Waals surface area (Å²) in [5.74, 6) is 0.0354. The minimum atomic E-state index is -0.815. The van der Waals surface area contributed by atoms with Gasteiger partial charge in [-0.1, -0.05) is 39.0 Å². The second-order valence-corrected chi connectivity index (χ2v) is 6.33. The van der Waals surface area contributed by atoms with Crippen molar-refractivity contribution in [3.05, 3.63) is 0 Å². The van der Waals surface area contributed by atoms with Crippen molar-refractivity contribution in [2.75, 3.05) is 13.1 Å². The van der Waals surface area contributed by atoms with Crippen LogP contribution in [-0.2, 0) is 4.79 Å². The second-order valence-electron chi connectivity index (χ2n) is 6.33. The lowest BCUT2D eigenvalue weighted by Gasteiger charge is -2.32. The molecule has 4 heteroatoms. The number of carbonyl (C=O) groups is 1. The lowest BCUT2D eigenvalue weighted by Crippen LogP contribution is -2.50. The van der Waals surface area contributed by atoms with E-state index < -0.39 is 11.0 Å². The van der Waals surface area contributed by atoms with Crippen LogP contribution in [0.1, 0.15) is 65.2 Å². The van der Waals surface area contributed by atoms with Crippen LogP contribution in [0.15, 0.2) is 0 Å². The molecule has 4 N–H and O–H groups in total. The number of nitrogens with two attached hydrogens (primary N) is 1. The first-order valence-electron chi connectivity index (χ1n) is 7.66. The van der Waals surface area contributed by atoms with Crippen molar-refractivity contribution in [1.29, 1.82) is 0 Å². The molecule has 19 heavy (non-hydrogen) atoms. The molecular weight excluding hydrogens is 240 g/mol. The molecule has 1 amide bonds. The average Bonchev–Trinajstić information content (AvgIpc) is 2.62. The van der Waals surface area contributed by atoms with Gasteiger partial charge >= 0.3 is 0 Å². The minimum Gasteiger partial charge on any atom is -0.388 e. The average molecular weight is 270 g/mol. The Morgan fingerprint density at radius 2 is 1.89 bits per heavy atom. The molecule has 0 radical (unpaired) electrons. The molecule has 0 heterocycles. The zero-order valence-electron chi connectivity index (χ0n) is 12.5. The van der Waals surface area contributed by atoms with Gasteiger partial charge in [-0.25, -0.2) is 0 Å². The van der Waals surface area contributed by atoms with E-state index in [9.17, 15) is 9.90 Å². The molecule has 0 aliphatic heterocycles. The summed E-state index contributed by atoms with van der Waals surface area (Å²) < 4.78 is 0. The summed E-state index contributed by atoms with van der Waals surface area (Å²) in [6.07, 6.45) is 7.92. The van der Waals surface area contributed by atoms with Crippen LogP contribution in [0.3, 0.4) is 0 Å². The van der Waals surface area contributed by atoms with E-state index in [1.54, 1.807) is 6.92 Å². The molecule has 0 saturated heterocycles. The Bertz CT molecular complexity index is 282. The van der Waals surface area contributed by atoms with Crippen molar-refractivity contribution < 1.29 is 9.90 Å². The van der Waals surface area contributed by atoms with Crippen LogP contribution >= 0.6 is 0 Å². The molecule has 1 aliphatic carbocycles. The summed E-state index contributed by atoms with van der Waals surface area (Å²) in [6.45, 7) is 4.54. The van der Waals surface area contributed by atoms with Crippen LogP contribution in [0.4, 0.5) is 0 Å². The van der Waals surface area contributed by atoms with Crippen molar-refractivity contribution in [1.82, 2.24) is 5.32 Å². The number of rotatable bonds is 6. The highest BCUT2D eigenvalue weighted by atomic mass is 16.3. The third-order valence-electron chi connectivity index (χ3n) is 4.35. The van der Waals surface area contributed by atoms with Gasteiger partial charge in [0.1, 0.15) is 0 Å². The van der Waals surface area contributed by atoms with E-state index >= 15 is 0 Å². The quantitative estimate of drug-likeness (QED) is 0.646. The van der Waals surface area contributed by atoms with E-state index in [0.29, 0.717) is 19.5 Å². The van der Waals surface area contributed by atoms with Gasteiger partial charge in [-0.2, -0.15) is 0 Å². The fraction of sp³-hybridized carbons (Fsp3) is 0.933. The molecule has 0 aromatic rings. The maximum absolute atomic E-state index is 12.5. The van der Waals surface area contributed by atoms with E-state index in [-0.39, 0.29) is 5.91 Å². The number of nitrogens with one attached hydrogen (secondary N) is 1. The Morgan fingerprint density at radius 1 is 1.32 bits per heavy atom. The van der Waals surface area contributed by atoms with E-state index in [1.807, 2.05) is 6.92 Å². The van der Waals surface area contributed by atoms with Gasteiger partial charge < -0.3 is 16.2 Å². The highest BCUT2D eigenvalue weighted by molar-refractivity contribution is 5.83. The molecule has 4 nitrogen and oxygen atoms in total. The third-order valence-corrected chi connectivity index (χ3v) is 4.35. The Balaban J connectivity index is 2.58. The Morgan fingerprint density at radius 3 is 2.37 bits per heavy atom. The first-order chi connectivity index (χ1) is 8.96. The predicted octanol–water partition coefficient (Wildman–Crippen LogP) is 1.95. The van der Waals surface area contributed by atoms with Crippen LogP contribution in [0.2, 0.25) is 0 Å². The standard InChI is InChI=1S/C15H30N2O2/c1-3-8-14(2,19)12-17-13(18)15(11-16)9-6-4-5-7-10-15/h19H,3-12,16H2,1-2H3,(H,17,18). The first-order valence-corrected chi connectivity index (χ1v) is 7.66. The van der Waals surface area contributed by atoms with E-state index in [2.05, 4.69) is 5.32 Å². The highest BCUT2D eigenvalue weighted by Gasteiger charge is 2.37. The van der Waals surface area contributed by atoms with Crippen LogP contribution < -0.4 is 11.1 Å². The van der Waals surface area contributed by atoms with Crippen molar-refractivity contribution in [3.8, 4) is 0 Å². The monoisotopic (exact) mass is 270 g/mol. The molecular formula is C15H30N2O2. The summed E-state index contributed by atoms with van der Waals surface area (Å²) in [6, 6.07) is 0. The molecule has 1 saturated carbocycles. The largest absolute Gasteiger partial charge is 0.388 e. The number of aliphatic hydroxyl groups is 1. The number of amides is 1. The molecule has 1 rings (SSSR count). The van der Waals surface area contributed by atoms with Gasteiger partial charge in [0.2, 0.25) is 5.91 Å². The van der Waals surface area contributed by atoms with Crippen molar-refractivity contribution in [3.63, 3.8) is 0 Å². The topological polar surface area (TPSA) is 75.3 Å². The maximum atomic E-state index is 12.5. The van der Waals surface area contributed by atoms with Crippen molar-refractivity contribution in [2.45, 2.75) is 70.8 Å². The fourth-order valence-corrected chi connectivity index (χ4v) is 3.01.